The lowest BCUT2D eigenvalue weighted by Gasteiger charge is -2.12. The van der Waals surface area contributed by atoms with E-state index in [9.17, 15) is 0 Å². The standard InChI is InChI=1S/C15H19NO2.ClH/c1-2-13(11-17)16-10-14-8-9-15(18-14)12-6-4-3-5-7-12;/h3-9,13,16-17H,2,10-11H2,1H3;1H/p-1. The first kappa shape index (κ1) is 15.8. The minimum absolute atomic E-state index is 0. The van der Waals surface area contributed by atoms with Crippen LogP contribution in [0, 0.1) is 0 Å². The Morgan fingerprint density at radius 3 is 2.53 bits per heavy atom. The fourth-order valence-corrected chi connectivity index (χ4v) is 1.81. The first-order valence-electron chi connectivity index (χ1n) is 6.32. The molecular formula is C15H19ClNO2-. The normalized spacial score (nSPS) is 11.9. The second kappa shape index (κ2) is 8.00. The largest absolute Gasteiger partial charge is 1.00 e. The van der Waals surface area contributed by atoms with Crippen LogP contribution in [0.2, 0.25) is 0 Å². The van der Waals surface area contributed by atoms with Gasteiger partial charge in [0.15, 0.2) is 0 Å². The van der Waals surface area contributed by atoms with E-state index in [0.717, 1.165) is 23.5 Å². The van der Waals surface area contributed by atoms with E-state index in [-0.39, 0.29) is 25.1 Å². The number of aliphatic hydroxyl groups excluding tert-OH is 1. The maximum Gasteiger partial charge on any atom is 0.134 e. The number of aliphatic hydroxyl groups is 1. The van der Waals surface area contributed by atoms with E-state index in [4.69, 9.17) is 9.52 Å². The Kier molecular flexibility index (Phi) is 6.64. The van der Waals surface area contributed by atoms with E-state index in [2.05, 4.69) is 5.32 Å². The maximum absolute atomic E-state index is 9.09. The quantitative estimate of drug-likeness (QED) is 0.771. The predicted octanol–water partition coefficient (Wildman–Crippen LogP) is -0.189. The van der Waals surface area contributed by atoms with Crippen molar-refractivity contribution >= 4 is 0 Å². The highest BCUT2D eigenvalue weighted by atomic mass is 35.5. The summed E-state index contributed by atoms with van der Waals surface area (Å²) >= 11 is 0. The Labute approximate surface area is 120 Å². The molecule has 3 nitrogen and oxygen atoms in total. The second-order valence-electron chi connectivity index (χ2n) is 4.30. The summed E-state index contributed by atoms with van der Waals surface area (Å²) in [5, 5.41) is 12.4. The van der Waals surface area contributed by atoms with Crippen molar-refractivity contribution in [1.82, 2.24) is 5.32 Å². The van der Waals surface area contributed by atoms with E-state index >= 15 is 0 Å². The molecule has 1 heterocycles. The average molecular weight is 281 g/mol. The van der Waals surface area contributed by atoms with Crippen molar-refractivity contribution in [2.75, 3.05) is 6.61 Å². The number of benzene rings is 1. The molecule has 1 unspecified atom stereocenters. The molecule has 0 radical (unpaired) electrons. The Morgan fingerprint density at radius 1 is 1.16 bits per heavy atom. The molecule has 1 aromatic heterocycles. The summed E-state index contributed by atoms with van der Waals surface area (Å²) in [6, 6.07) is 14.1. The molecule has 0 aliphatic heterocycles. The summed E-state index contributed by atoms with van der Waals surface area (Å²) < 4.78 is 5.76. The van der Waals surface area contributed by atoms with Gasteiger partial charge in [0.25, 0.3) is 0 Å². The number of halogens is 1. The molecule has 0 saturated heterocycles. The Hall–Kier alpha value is -1.29. The van der Waals surface area contributed by atoms with E-state index < -0.39 is 0 Å². The molecule has 0 bridgehead atoms. The van der Waals surface area contributed by atoms with Gasteiger partial charge in [0.2, 0.25) is 0 Å². The fraction of sp³-hybridized carbons (Fsp3) is 0.333. The van der Waals surface area contributed by atoms with Crippen LogP contribution in [0.5, 0.6) is 0 Å². The third-order valence-corrected chi connectivity index (χ3v) is 3.00. The van der Waals surface area contributed by atoms with Crippen LogP contribution >= 0.6 is 0 Å². The Balaban J connectivity index is 0.00000180. The van der Waals surface area contributed by atoms with Crippen LogP contribution < -0.4 is 17.7 Å². The van der Waals surface area contributed by atoms with Crippen LogP contribution in [0.25, 0.3) is 11.3 Å². The molecule has 104 valence electrons. The Bertz CT molecular complexity index is 466. The van der Waals surface area contributed by atoms with Crippen molar-refractivity contribution < 1.29 is 21.9 Å². The molecular weight excluding hydrogens is 262 g/mol. The zero-order valence-electron chi connectivity index (χ0n) is 11.0. The highest BCUT2D eigenvalue weighted by Gasteiger charge is 2.07. The predicted molar refractivity (Wildman–Crippen MR) is 72.1 cm³/mol. The molecule has 4 heteroatoms. The number of rotatable bonds is 6. The number of nitrogens with one attached hydrogen (secondary N) is 1. The van der Waals surface area contributed by atoms with Gasteiger partial charge < -0.3 is 27.2 Å². The van der Waals surface area contributed by atoms with Crippen LogP contribution in [0.15, 0.2) is 46.9 Å². The van der Waals surface area contributed by atoms with Gasteiger partial charge in [-0.2, -0.15) is 0 Å². The summed E-state index contributed by atoms with van der Waals surface area (Å²) in [6.07, 6.45) is 0.906. The van der Waals surface area contributed by atoms with Crippen molar-refractivity contribution in [1.29, 1.82) is 0 Å². The van der Waals surface area contributed by atoms with Crippen LogP contribution in [0.3, 0.4) is 0 Å². The van der Waals surface area contributed by atoms with Gasteiger partial charge >= 0.3 is 0 Å². The monoisotopic (exact) mass is 280 g/mol. The first-order valence-corrected chi connectivity index (χ1v) is 6.32. The third-order valence-electron chi connectivity index (χ3n) is 3.00. The van der Waals surface area contributed by atoms with Crippen LogP contribution in [-0.2, 0) is 6.54 Å². The molecule has 0 fully saturated rings. The van der Waals surface area contributed by atoms with Gasteiger partial charge in [-0.25, -0.2) is 0 Å². The molecule has 0 aliphatic rings. The van der Waals surface area contributed by atoms with Gasteiger partial charge in [0.1, 0.15) is 11.5 Å². The summed E-state index contributed by atoms with van der Waals surface area (Å²) in [5.41, 5.74) is 1.08. The third kappa shape index (κ3) is 4.39. The molecule has 2 N–H and O–H groups in total. The van der Waals surface area contributed by atoms with E-state index in [1.54, 1.807) is 0 Å². The molecule has 2 rings (SSSR count). The zero-order valence-corrected chi connectivity index (χ0v) is 11.7. The van der Waals surface area contributed by atoms with Crippen molar-refractivity contribution in [2.45, 2.75) is 25.9 Å². The molecule has 0 amide bonds. The fourth-order valence-electron chi connectivity index (χ4n) is 1.81. The summed E-state index contributed by atoms with van der Waals surface area (Å²) in [7, 11) is 0. The van der Waals surface area contributed by atoms with Crippen molar-refractivity contribution in [2.24, 2.45) is 0 Å². The lowest BCUT2D eigenvalue weighted by molar-refractivity contribution is -0.00000531. The first-order chi connectivity index (χ1) is 8.83. The lowest BCUT2D eigenvalue weighted by Crippen LogP contribution is -3.00. The summed E-state index contributed by atoms with van der Waals surface area (Å²) in [4.78, 5) is 0. The average Bonchev–Trinajstić information content (AvgIpc) is 2.90. The molecule has 0 aliphatic carbocycles. The van der Waals surface area contributed by atoms with Gasteiger partial charge in [-0.15, -0.1) is 0 Å². The van der Waals surface area contributed by atoms with Gasteiger partial charge in [-0.05, 0) is 18.6 Å². The van der Waals surface area contributed by atoms with Crippen molar-refractivity contribution in [3.8, 4) is 11.3 Å². The lowest BCUT2D eigenvalue weighted by atomic mass is 10.2. The highest BCUT2D eigenvalue weighted by molar-refractivity contribution is 5.57. The molecule has 1 atom stereocenters. The van der Waals surface area contributed by atoms with Gasteiger partial charge in [-0.1, -0.05) is 37.3 Å². The zero-order chi connectivity index (χ0) is 12.8. The van der Waals surface area contributed by atoms with Crippen molar-refractivity contribution in [3.63, 3.8) is 0 Å². The molecule has 2 aromatic rings. The van der Waals surface area contributed by atoms with E-state index in [1.807, 2.05) is 49.4 Å². The second-order valence-corrected chi connectivity index (χ2v) is 4.30. The SMILES string of the molecule is CCC(CO)NCc1ccc(-c2ccccc2)o1.[Cl-]. The number of hydrogen-bond acceptors (Lipinski definition) is 3. The Morgan fingerprint density at radius 2 is 1.89 bits per heavy atom. The summed E-state index contributed by atoms with van der Waals surface area (Å²) in [5.74, 6) is 1.77. The number of furan rings is 1. The van der Waals surface area contributed by atoms with Crippen LogP contribution in [-0.4, -0.2) is 17.8 Å². The molecule has 0 spiro atoms. The van der Waals surface area contributed by atoms with Gasteiger partial charge in [0, 0.05) is 11.6 Å². The molecule has 0 saturated carbocycles. The van der Waals surface area contributed by atoms with E-state index in [1.165, 1.54) is 0 Å². The van der Waals surface area contributed by atoms with E-state index in [0.29, 0.717) is 6.54 Å². The van der Waals surface area contributed by atoms with Crippen LogP contribution in [0.4, 0.5) is 0 Å². The minimum Gasteiger partial charge on any atom is -1.00 e. The highest BCUT2D eigenvalue weighted by Crippen LogP contribution is 2.21. The van der Waals surface area contributed by atoms with Gasteiger partial charge in [-0.3, -0.25) is 0 Å². The van der Waals surface area contributed by atoms with Crippen molar-refractivity contribution in [3.05, 3.63) is 48.2 Å². The number of hydrogen-bond donors (Lipinski definition) is 2. The molecule has 1 aromatic carbocycles. The van der Waals surface area contributed by atoms with Gasteiger partial charge in [0.05, 0.1) is 13.2 Å². The molecule has 19 heavy (non-hydrogen) atoms. The topological polar surface area (TPSA) is 45.4 Å². The summed E-state index contributed by atoms with van der Waals surface area (Å²) in [6.45, 7) is 2.85. The smallest absolute Gasteiger partial charge is 0.134 e. The van der Waals surface area contributed by atoms with Crippen LogP contribution in [0.1, 0.15) is 19.1 Å². The maximum atomic E-state index is 9.09. The minimum atomic E-state index is 0.